The molecular formula is C28H22F2N6O4. The molecule has 1 unspecified atom stereocenters. The number of aryl methyl sites for hydroxylation is 1. The molecule has 0 aliphatic carbocycles. The van der Waals surface area contributed by atoms with E-state index in [2.05, 4.69) is 25.8 Å². The van der Waals surface area contributed by atoms with Crippen LogP contribution in [-0.2, 0) is 17.8 Å². The number of amides is 1. The van der Waals surface area contributed by atoms with Crippen molar-refractivity contribution >= 4 is 11.9 Å². The van der Waals surface area contributed by atoms with Crippen LogP contribution in [0, 0.1) is 18.6 Å². The van der Waals surface area contributed by atoms with Gasteiger partial charge in [-0.1, -0.05) is 46.3 Å². The van der Waals surface area contributed by atoms with Crippen molar-refractivity contribution in [2.24, 2.45) is 0 Å². The third-order valence-corrected chi connectivity index (χ3v) is 6.07. The van der Waals surface area contributed by atoms with Gasteiger partial charge in [-0.3, -0.25) is 4.79 Å². The molecule has 202 valence electrons. The largest absolute Gasteiger partial charge is 0.480 e. The van der Waals surface area contributed by atoms with Crippen LogP contribution in [0.5, 0.6) is 0 Å². The van der Waals surface area contributed by atoms with Gasteiger partial charge in [0.2, 0.25) is 5.82 Å². The van der Waals surface area contributed by atoms with E-state index in [-0.39, 0.29) is 41.8 Å². The normalized spacial score (nSPS) is 11.8. The number of rotatable bonds is 9. The Morgan fingerprint density at radius 1 is 1.02 bits per heavy atom. The van der Waals surface area contributed by atoms with Crippen LogP contribution in [-0.4, -0.2) is 48.2 Å². The summed E-state index contributed by atoms with van der Waals surface area (Å²) in [7, 11) is 0. The maximum Gasteiger partial charge on any atom is 0.326 e. The van der Waals surface area contributed by atoms with Gasteiger partial charge in [-0.25, -0.2) is 18.3 Å². The fourth-order valence-corrected chi connectivity index (χ4v) is 3.94. The minimum atomic E-state index is -1.36. The number of benzene rings is 3. The molecule has 12 heteroatoms. The Labute approximate surface area is 226 Å². The first kappa shape index (κ1) is 26.4. The molecule has 5 aromatic rings. The van der Waals surface area contributed by atoms with Crippen molar-refractivity contribution in [1.82, 2.24) is 30.5 Å². The predicted octanol–water partition coefficient (Wildman–Crippen LogP) is 4.06. The zero-order valence-electron chi connectivity index (χ0n) is 21.1. The highest BCUT2D eigenvalue weighted by Gasteiger charge is 2.24. The molecule has 40 heavy (non-hydrogen) atoms. The number of aliphatic carboxylic acids is 1. The highest BCUT2D eigenvalue weighted by Crippen LogP contribution is 2.25. The molecule has 0 saturated carbocycles. The minimum absolute atomic E-state index is 0.0476. The van der Waals surface area contributed by atoms with Gasteiger partial charge in [0.05, 0.1) is 18.3 Å². The Morgan fingerprint density at radius 2 is 1.75 bits per heavy atom. The van der Waals surface area contributed by atoms with E-state index < -0.39 is 23.7 Å². The fraction of sp³-hybridized carbons (Fsp3) is 0.143. The molecule has 2 N–H and O–H groups in total. The molecule has 0 aliphatic rings. The van der Waals surface area contributed by atoms with E-state index in [0.29, 0.717) is 11.1 Å². The lowest BCUT2D eigenvalue weighted by Gasteiger charge is -2.14. The Kier molecular flexibility index (Phi) is 7.40. The number of nitrogens with zero attached hydrogens (tertiary/aromatic N) is 5. The van der Waals surface area contributed by atoms with Gasteiger partial charge < -0.3 is 14.9 Å². The van der Waals surface area contributed by atoms with Gasteiger partial charge in [0, 0.05) is 12.0 Å². The molecule has 0 spiro atoms. The van der Waals surface area contributed by atoms with E-state index in [1.54, 1.807) is 12.1 Å². The van der Waals surface area contributed by atoms with E-state index >= 15 is 0 Å². The molecule has 2 heterocycles. The molecule has 0 saturated heterocycles. The van der Waals surface area contributed by atoms with Crippen LogP contribution < -0.4 is 5.32 Å². The number of carboxylic acid groups (broad SMARTS) is 1. The lowest BCUT2D eigenvalue weighted by molar-refractivity contribution is -0.139. The summed E-state index contributed by atoms with van der Waals surface area (Å²) in [5.74, 6) is -2.83. The molecular weight excluding hydrogens is 522 g/mol. The van der Waals surface area contributed by atoms with Crippen molar-refractivity contribution in [1.29, 1.82) is 0 Å². The standard InChI is InChI=1S/C28H22F2N6O4/c1-16-2-7-19(8-3-16)27-32-25(34-40-27)21-11-6-18(12-22(21)30)13-23(28(38)39)31-26(37)24-15-36(35-33-24)14-17-4-9-20(29)10-5-17/h2-12,15,23H,13-14H2,1H3,(H,31,37)(H,38,39). The maximum absolute atomic E-state index is 15.0. The summed E-state index contributed by atoms with van der Waals surface area (Å²) in [5, 5.41) is 23.6. The Bertz CT molecular complexity index is 1670. The molecule has 10 nitrogen and oxygen atoms in total. The number of hydrogen-bond acceptors (Lipinski definition) is 7. The summed E-state index contributed by atoms with van der Waals surface area (Å²) in [5.41, 5.74) is 2.80. The minimum Gasteiger partial charge on any atom is -0.480 e. The number of aromatic nitrogens is 5. The third kappa shape index (κ3) is 6.07. The van der Waals surface area contributed by atoms with E-state index in [1.807, 2.05) is 31.2 Å². The van der Waals surface area contributed by atoms with Crippen LogP contribution in [0.3, 0.4) is 0 Å². The van der Waals surface area contributed by atoms with E-state index in [1.165, 1.54) is 35.1 Å². The van der Waals surface area contributed by atoms with Crippen molar-refractivity contribution in [2.75, 3.05) is 0 Å². The lowest BCUT2D eigenvalue weighted by Crippen LogP contribution is -2.42. The Morgan fingerprint density at radius 3 is 2.45 bits per heavy atom. The number of carbonyl (C=O) groups excluding carboxylic acids is 1. The average molecular weight is 545 g/mol. The fourth-order valence-electron chi connectivity index (χ4n) is 3.94. The van der Waals surface area contributed by atoms with Crippen molar-refractivity contribution in [2.45, 2.75) is 25.9 Å². The molecule has 0 bridgehead atoms. The van der Waals surface area contributed by atoms with Crippen LogP contribution in [0.25, 0.3) is 22.8 Å². The van der Waals surface area contributed by atoms with Gasteiger partial charge in [-0.05, 0) is 54.4 Å². The van der Waals surface area contributed by atoms with E-state index in [4.69, 9.17) is 4.52 Å². The summed E-state index contributed by atoms with van der Waals surface area (Å²) in [6.45, 7) is 2.18. The molecule has 5 rings (SSSR count). The molecule has 1 amide bonds. The molecule has 2 aromatic heterocycles. The van der Waals surface area contributed by atoms with E-state index in [0.717, 1.165) is 17.2 Å². The highest BCUT2D eigenvalue weighted by atomic mass is 19.1. The van der Waals surface area contributed by atoms with Gasteiger partial charge in [-0.2, -0.15) is 4.98 Å². The van der Waals surface area contributed by atoms with E-state index in [9.17, 15) is 23.5 Å². The van der Waals surface area contributed by atoms with Crippen LogP contribution in [0.15, 0.2) is 77.4 Å². The second-order valence-corrected chi connectivity index (χ2v) is 9.10. The smallest absolute Gasteiger partial charge is 0.326 e. The molecule has 0 fully saturated rings. The quantitative estimate of drug-likeness (QED) is 0.284. The third-order valence-electron chi connectivity index (χ3n) is 6.07. The predicted molar refractivity (Wildman–Crippen MR) is 138 cm³/mol. The maximum atomic E-state index is 15.0. The van der Waals surface area contributed by atoms with Crippen molar-refractivity contribution < 1.29 is 28.0 Å². The number of carbonyl (C=O) groups is 2. The van der Waals surface area contributed by atoms with Gasteiger partial charge in [0.1, 0.15) is 17.7 Å². The number of nitrogens with one attached hydrogen (secondary N) is 1. The second-order valence-electron chi connectivity index (χ2n) is 9.10. The van der Waals surface area contributed by atoms with Gasteiger partial charge in [0.15, 0.2) is 5.69 Å². The first-order valence-electron chi connectivity index (χ1n) is 12.1. The van der Waals surface area contributed by atoms with Crippen LogP contribution in [0.1, 0.15) is 27.2 Å². The van der Waals surface area contributed by atoms with Crippen molar-refractivity contribution in [3.8, 4) is 22.8 Å². The summed E-state index contributed by atoms with van der Waals surface area (Å²) < 4.78 is 34.7. The Balaban J connectivity index is 1.25. The molecule has 3 aromatic carbocycles. The van der Waals surface area contributed by atoms with Crippen LogP contribution in [0.4, 0.5) is 8.78 Å². The van der Waals surface area contributed by atoms with Crippen LogP contribution >= 0.6 is 0 Å². The number of halogens is 2. The molecule has 0 radical (unpaired) electrons. The zero-order chi connectivity index (χ0) is 28.2. The monoisotopic (exact) mass is 544 g/mol. The number of carboxylic acids is 1. The topological polar surface area (TPSA) is 136 Å². The zero-order valence-corrected chi connectivity index (χ0v) is 21.1. The first-order valence-corrected chi connectivity index (χ1v) is 12.1. The second kappa shape index (κ2) is 11.2. The van der Waals surface area contributed by atoms with Gasteiger partial charge in [0.25, 0.3) is 11.8 Å². The van der Waals surface area contributed by atoms with Gasteiger partial charge in [-0.15, -0.1) is 5.10 Å². The molecule has 0 aliphatic heterocycles. The lowest BCUT2D eigenvalue weighted by atomic mass is 10.0. The average Bonchev–Trinajstić information content (AvgIpc) is 3.60. The van der Waals surface area contributed by atoms with Gasteiger partial charge >= 0.3 is 5.97 Å². The SMILES string of the molecule is Cc1ccc(-c2nc(-c3ccc(CC(NC(=O)c4cn(Cc5ccc(F)cc5)nn4)C(=O)O)cc3F)no2)cc1. The highest BCUT2D eigenvalue weighted by molar-refractivity contribution is 5.94. The summed E-state index contributed by atoms with van der Waals surface area (Å²) >= 11 is 0. The Hall–Kier alpha value is -5.26. The van der Waals surface area contributed by atoms with Crippen molar-refractivity contribution in [3.05, 3.63) is 107 Å². The molecule has 1 atom stereocenters. The summed E-state index contributed by atoms with van der Waals surface area (Å²) in [4.78, 5) is 28.8. The number of hydrogen-bond donors (Lipinski definition) is 2. The first-order chi connectivity index (χ1) is 19.2. The summed E-state index contributed by atoms with van der Waals surface area (Å²) in [6, 6.07) is 15.9. The van der Waals surface area contributed by atoms with Crippen LogP contribution in [0.2, 0.25) is 0 Å². The van der Waals surface area contributed by atoms with Crippen molar-refractivity contribution in [3.63, 3.8) is 0 Å². The summed E-state index contributed by atoms with van der Waals surface area (Å²) in [6.07, 6.45) is 1.16.